The Morgan fingerprint density at radius 1 is 1.11 bits per heavy atom. The van der Waals surface area contributed by atoms with E-state index in [1.807, 2.05) is 54.7 Å². The summed E-state index contributed by atoms with van der Waals surface area (Å²) in [4.78, 5) is 4.42. The molecule has 0 aliphatic heterocycles. The zero-order valence-electron chi connectivity index (χ0n) is 16.3. The topological polar surface area (TPSA) is 86.3 Å². The number of nitrogens with one attached hydrogen (secondary N) is 1. The Bertz CT molecular complexity index is 1080. The quantitative estimate of drug-likeness (QED) is 0.537. The molecule has 8 nitrogen and oxygen atoms in total. The van der Waals surface area contributed by atoms with E-state index in [0.717, 1.165) is 33.5 Å². The smallest absolute Gasteiger partial charge is 0.211 e. The Morgan fingerprint density at radius 2 is 1.96 bits per heavy atom. The molecule has 0 amide bonds. The fraction of sp³-hybridized carbons (Fsp3) is 0.316. The summed E-state index contributed by atoms with van der Waals surface area (Å²) in [7, 11) is 0. The molecule has 4 aromatic rings. The van der Waals surface area contributed by atoms with Crippen molar-refractivity contribution in [2.75, 3.05) is 5.32 Å². The molecule has 0 fully saturated rings. The van der Waals surface area contributed by atoms with Crippen LogP contribution in [0.15, 0.2) is 36.7 Å². The average molecular weight is 395 g/mol. The lowest BCUT2D eigenvalue weighted by Gasteiger charge is -2.10. The fourth-order valence-corrected chi connectivity index (χ4v) is 3.77. The summed E-state index contributed by atoms with van der Waals surface area (Å²) in [5, 5.41) is 22.5. The van der Waals surface area contributed by atoms with Crippen LogP contribution in [-0.2, 0) is 6.54 Å². The Morgan fingerprint density at radius 3 is 2.68 bits per heavy atom. The molecule has 4 heterocycles. The number of rotatable bonds is 6. The lowest BCUT2D eigenvalue weighted by Crippen LogP contribution is -2.10. The van der Waals surface area contributed by atoms with Crippen molar-refractivity contribution in [2.45, 2.75) is 40.3 Å². The van der Waals surface area contributed by atoms with Gasteiger partial charge in [-0.3, -0.25) is 14.3 Å². The van der Waals surface area contributed by atoms with E-state index >= 15 is 0 Å². The summed E-state index contributed by atoms with van der Waals surface area (Å²) < 4.78 is 3.82. The molecule has 9 heteroatoms. The maximum Gasteiger partial charge on any atom is 0.211 e. The van der Waals surface area contributed by atoms with Crippen molar-refractivity contribution in [3.05, 3.63) is 64.3 Å². The van der Waals surface area contributed by atoms with Gasteiger partial charge in [-0.2, -0.15) is 10.2 Å². The van der Waals surface area contributed by atoms with E-state index in [1.54, 1.807) is 0 Å². The van der Waals surface area contributed by atoms with E-state index in [-0.39, 0.29) is 6.04 Å². The highest BCUT2D eigenvalue weighted by Gasteiger charge is 2.17. The minimum absolute atomic E-state index is 0.0342. The Hall–Kier alpha value is -3.07. The summed E-state index contributed by atoms with van der Waals surface area (Å²) in [6.45, 7) is 8.77. The Balaban J connectivity index is 1.43. The third-order valence-corrected chi connectivity index (χ3v) is 5.39. The van der Waals surface area contributed by atoms with E-state index in [0.29, 0.717) is 11.7 Å². The first kappa shape index (κ1) is 18.3. The lowest BCUT2D eigenvalue weighted by atomic mass is 10.3. The van der Waals surface area contributed by atoms with Crippen molar-refractivity contribution >= 4 is 22.3 Å². The highest BCUT2D eigenvalue weighted by Crippen LogP contribution is 2.27. The van der Waals surface area contributed by atoms with Crippen molar-refractivity contribution in [2.24, 2.45) is 0 Å². The number of aryl methyl sites for hydroxylation is 3. The predicted octanol–water partition coefficient (Wildman–Crippen LogP) is 3.65. The summed E-state index contributed by atoms with van der Waals surface area (Å²) in [6, 6.07) is 8.08. The maximum absolute atomic E-state index is 4.54. The normalized spacial score (nSPS) is 12.3. The number of aromatic nitrogens is 7. The van der Waals surface area contributed by atoms with Crippen molar-refractivity contribution in [1.82, 2.24) is 34.7 Å². The molecule has 0 aromatic carbocycles. The van der Waals surface area contributed by atoms with Crippen LogP contribution in [0.4, 0.5) is 10.9 Å². The van der Waals surface area contributed by atoms with Gasteiger partial charge in [-0.25, -0.2) is 0 Å². The van der Waals surface area contributed by atoms with Crippen LogP contribution in [0.5, 0.6) is 0 Å². The van der Waals surface area contributed by atoms with Crippen LogP contribution < -0.4 is 5.32 Å². The second-order valence-electron chi connectivity index (χ2n) is 6.84. The van der Waals surface area contributed by atoms with Gasteiger partial charge in [0.1, 0.15) is 11.0 Å². The van der Waals surface area contributed by atoms with Crippen LogP contribution in [0, 0.1) is 20.8 Å². The van der Waals surface area contributed by atoms with Crippen LogP contribution in [0.1, 0.15) is 40.6 Å². The minimum Gasteiger partial charge on any atom is -0.313 e. The van der Waals surface area contributed by atoms with Crippen molar-refractivity contribution < 1.29 is 0 Å². The zero-order valence-corrected chi connectivity index (χ0v) is 17.1. The van der Waals surface area contributed by atoms with Gasteiger partial charge in [0.25, 0.3) is 0 Å². The van der Waals surface area contributed by atoms with Gasteiger partial charge in [0, 0.05) is 24.2 Å². The second kappa shape index (κ2) is 7.51. The number of nitrogens with zero attached hydrogens (tertiary/aromatic N) is 7. The molecule has 0 radical (unpaired) electrons. The van der Waals surface area contributed by atoms with E-state index in [2.05, 4.69) is 49.8 Å². The highest BCUT2D eigenvalue weighted by atomic mass is 32.1. The van der Waals surface area contributed by atoms with Gasteiger partial charge in [-0.05, 0) is 45.4 Å². The Kier molecular flexibility index (Phi) is 4.91. The first-order valence-corrected chi connectivity index (χ1v) is 9.88. The SMILES string of the molecule is Cc1ccc(Cn2ccc(Nc3nnc(C(C)n4nc(C)cc4C)s3)n2)nc1. The zero-order chi connectivity index (χ0) is 19.7. The standard InChI is InChI=1S/C19H22N8S/c1-12-5-6-16(20-10-12)11-26-8-7-17(25-26)21-19-23-22-18(28-19)15(4)27-14(3)9-13(2)24-27/h5-10,15H,11H2,1-4H3,(H,21,23,25). The molecular weight excluding hydrogens is 372 g/mol. The van der Waals surface area contributed by atoms with Gasteiger partial charge >= 0.3 is 0 Å². The number of pyridine rings is 1. The van der Waals surface area contributed by atoms with Gasteiger partial charge in [0.05, 0.1) is 17.9 Å². The fourth-order valence-electron chi connectivity index (χ4n) is 2.98. The van der Waals surface area contributed by atoms with Crippen LogP contribution in [0.3, 0.4) is 0 Å². The van der Waals surface area contributed by atoms with Gasteiger partial charge in [0.15, 0.2) is 5.82 Å². The van der Waals surface area contributed by atoms with Gasteiger partial charge in [-0.15, -0.1) is 10.2 Å². The van der Waals surface area contributed by atoms with Crippen LogP contribution in [0.25, 0.3) is 0 Å². The van der Waals surface area contributed by atoms with E-state index in [1.165, 1.54) is 11.3 Å². The molecule has 4 aromatic heterocycles. The monoisotopic (exact) mass is 394 g/mol. The largest absolute Gasteiger partial charge is 0.313 e. The van der Waals surface area contributed by atoms with Crippen molar-refractivity contribution in [3.8, 4) is 0 Å². The molecule has 0 spiro atoms. The second-order valence-corrected chi connectivity index (χ2v) is 7.85. The van der Waals surface area contributed by atoms with Crippen LogP contribution in [0.2, 0.25) is 0 Å². The molecule has 0 aliphatic rings. The van der Waals surface area contributed by atoms with E-state index in [9.17, 15) is 0 Å². The van der Waals surface area contributed by atoms with Crippen molar-refractivity contribution in [3.63, 3.8) is 0 Å². The van der Waals surface area contributed by atoms with E-state index < -0.39 is 0 Å². The van der Waals surface area contributed by atoms with Gasteiger partial charge in [0.2, 0.25) is 5.13 Å². The third kappa shape index (κ3) is 3.94. The molecular formula is C19H22N8S. The molecule has 1 N–H and O–H groups in total. The molecule has 0 saturated carbocycles. The molecule has 1 unspecified atom stereocenters. The number of hydrogen-bond donors (Lipinski definition) is 1. The summed E-state index contributed by atoms with van der Waals surface area (Å²) in [6.07, 6.45) is 3.79. The molecule has 28 heavy (non-hydrogen) atoms. The van der Waals surface area contributed by atoms with Gasteiger partial charge < -0.3 is 5.32 Å². The molecule has 1 atom stereocenters. The maximum atomic E-state index is 4.54. The van der Waals surface area contributed by atoms with Crippen LogP contribution >= 0.6 is 11.3 Å². The first-order chi connectivity index (χ1) is 13.5. The molecule has 0 saturated heterocycles. The molecule has 4 rings (SSSR count). The van der Waals surface area contributed by atoms with E-state index in [4.69, 9.17) is 0 Å². The first-order valence-electron chi connectivity index (χ1n) is 9.06. The lowest BCUT2D eigenvalue weighted by molar-refractivity contribution is 0.540. The molecule has 0 bridgehead atoms. The Labute approximate surface area is 167 Å². The average Bonchev–Trinajstić information content (AvgIpc) is 3.38. The molecule has 0 aliphatic carbocycles. The predicted molar refractivity (Wildman–Crippen MR) is 109 cm³/mol. The summed E-state index contributed by atoms with van der Waals surface area (Å²) in [5.41, 5.74) is 4.23. The highest BCUT2D eigenvalue weighted by molar-refractivity contribution is 7.15. The van der Waals surface area contributed by atoms with Crippen molar-refractivity contribution in [1.29, 1.82) is 0 Å². The molecule has 144 valence electrons. The number of anilines is 2. The van der Waals surface area contributed by atoms with Gasteiger partial charge in [-0.1, -0.05) is 17.4 Å². The third-order valence-electron chi connectivity index (χ3n) is 4.38. The summed E-state index contributed by atoms with van der Waals surface area (Å²) >= 11 is 1.51. The van der Waals surface area contributed by atoms with Crippen LogP contribution in [-0.4, -0.2) is 34.7 Å². The summed E-state index contributed by atoms with van der Waals surface area (Å²) in [5.74, 6) is 0.730. The minimum atomic E-state index is 0.0342. The number of hydrogen-bond acceptors (Lipinski definition) is 7.